The lowest BCUT2D eigenvalue weighted by molar-refractivity contribution is -0.150. The van der Waals surface area contributed by atoms with Crippen LogP contribution in [-0.2, 0) is 25.7 Å². The summed E-state index contributed by atoms with van der Waals surface area (Å²) in [5, 5.41) is 9.80. The average molecular weight is 618 g/mol. The van der Waals surface area contributed by atoms with Gasteiger partial charge in [0.25, 0.3) is 5.91 Å². The van der Waals surface area contributed by atoms with Crippen LogP contribution in [0.4, 0.5) is 5.69 Å². The van der Waals surface area contributed by atoms with Crippen LogP contribution in [0, 0.1) is 11.8 Å². The van der Waals surface area contributed by atoms with Crippen LogP contribution in [0.5, 0.6) is 0 Å². The molecule has 4 heterocycles. The Kier molecular flexibility index (Phi) is 8.68. The number of hydrogen-bond donors (Lipinski definition) is 1. The third kappa shape index (κ3) is 5.17. The Hall–Kier alpha value is -3.46. The normalized spacial score (nSPS) is 29.5. The van der Waals surface area contributed by atoms with Gasteiger partial charge in [0.2, 0.25) is 11.8 Å². The van der Waals surface area contributed by atoms with Crippen molar-refractivity contribution in [1.29, 1.82) is 0 Å². The Morgan fingerprint density at radius 1 is 0.864 bits per heavy atom. The van der Waals surface area contributed by atoms with Crippen molar-refractivity contribution in [3.05, 3.63) is 89.5 Å². The monoisotopic (exact) mass is 617 g/mol. The summed E-state index contributed by atoms with van der Waals surface area (Å²) in [5.41, 5.74) is -0.622. The van der Waals surface area contributed by atoms with Crippen molar-refractivity contribution < 1.29 is 24.2 Å². The molecule has 9 heteroatoms. The van der Waals surface area contributed by atoms with E-state index in [1.807, 2.05) is 61.6 Å². The highest BCUT2D eigenvalue weighted by atomic mass is 35.5. The summed E-state index contributed by atoms with van der Waals surface area (Å²) in [7, 11) is 0. The lowest BCUT2D eigenvalue weighted by atomic mass is 9.73. The predicted molar refractivity (Wildman–Crippen MR) is 169 cm³/mol. The van der Waals surface area contributed by atoms with Crippen LogP contribution < -0.4 is 4.90 Å². The van der Waals surface area contributed by atoms with Crippen LogP contribution in [0.25, 0.3) is 0 Å². The van der Waals surface area contributed by atoms with Crippen LogP contribution in [0.3, 0.4) is 0 Å². The smallest absolute Gasteiger partial charge is 0.253 e. The highest BCUT2D eigenvalue weighted by Gasteiger charge is 2.75. The van der Waals surface area contributed by atoms with Gasteiger partial charge in [-0.3, -0.25) is 14.4 Å². The number of unbranched alkanes of at least 4 members (excludes halogenated alkanes) is 3. The summed E-state index contributed by atoms with van der Waals surface area (Å²) in [6.45, 7) is 3.62. The quantitative estimate of drug-likeness (QED) is 0.307. The van der Waals surface area contributed by atoms with E-state index in [0.29, 0.717) is 56.2 Å². The zero-order valence-corrected chi connectivity index (χ0v) is 25.9. The van der Waals surface area contributed by atoms with E-state index in [-0.39, 0.29) is 24.3 Å². The minimum atomic E-state index is -1.29. The van der Waals surface area contributed by atoms with Crippen LogP contribution in [0.15, 0.2) is 78.9 Å². The molecule has 4 aliphatic rings. The predicted octanol–water partition coefficient (Wildman–Crippen LogP) is 4.76. The number of carbonyl (C=O) groups excluding carboxylic acids is 3. The lowest BCUT2D eigenvalue weighted by Crippen LogP contribution is -2.56. The Balaban J connectivity index is 1.41. The number of likely N-dealkylation sites (tertiary alicyclic amines) is 1. The van der Waals surface area contributed by atoms with Crippen LogP contribution >= 0.6 is 11.6 Å². The number of carbonyl (C=O) groups is 3. The molecular weight excluding hydrogens is 578 g/mol. The SMILES string of the molecule is CC[C@@]12C=CCN(Cc3ccccc3)C(=O)[C@@H]1[C@H]1C(=O)N(CCCCCCO)C3C(=O)N(c4ccc(Cl)cc4)CC=C[C@@]31O2. The Morgan fingerprint density at radius 3 is 2.32 bits per heavy atom. The average Bonchev–Trinajstić information content (AvgIpc) is 3.32. The van der Waals surface area contributed by atoms with Gasteiger partial charge in [0.15, 0.2) is 0 Å². The first kappa shape index (κ1) is 30.6. The molecule has 2 saturated heterocycles. The third-order valence-corrected chi connectivity index (χ3v) is 9.94. The molecule has 0 aliphatic carbocycles. The van der Waals surface area contributed by atoms with Gasteiger partial charge >= 0.3 is 0 Å². The van der Waals surface area contributed by atoms with E-state index >= 15 is 0 Å². The molecule has 4 aliphatic heterocycles. The van der Waals surface area contributed by atoms with Gasteiger partial charge in [-0.05, 0) is 49.1 Å². The number of halogens is 1. The summed E-state index contributed by atoms with van der Waals surface area (Å²) in [5.74, 6) is -2.19. The number of amides is 3. The fourth-order valence-electron chi connectivity index (χ4n) is 7.60. The Bertz CT molecular complexity index is 1450. The highest BCUT2D eigenvalue weighted by Crippen LogP contribution is 2.58. The van der Waals surface area contributed by atoms with E-state index in [1.165, 1.54) is 0 Å². The zero-order valence-electron chi connectivity index (χ0n) is 25.1. The zero-order chi connectivity index (χ0) is 30.9. The molecule has 1 N–H and O–H groups in total. The molecule has 3 amide bonds. The van der Waals surface area contributed by atoms with E-state index in [9.17, 15) is 19.5 Å². The maximum Gasteiger partial charge on any atom is 0.253 e. The molecule has 232 valence electrons. The number of hydrogen-bond acceptors (Lipinski definition) is 5. The fourth-order valence-corrected chi connectivity index (χ4v) is 7.72. The molecule has 8 nitrogen and oxygen atoms in total. The second-order valence-electron chi connectivity index (χ2n) is 12.2. The molecule has 1 spiro atoms. The number of anilines is 1. The maximum atomic E-state index is 14.6. The van der Waals surface area contributed by atoms with Crippen molar-refractivity contribution in [2.45, 2.75) is 62.8 Å². The molecule has 2 fully saturated rings. The lowest BCUT2D eigenvalue weighted by Gasteiger charge is -2.38. The van der Waals surface area contributed by atoms with E-state index in [4.69, 9.17) is 16.3 Å². The van der Waals surface area contributed by atoms with Gasteiger partial charge in [-0.1, -0.05) is 86.0 Å². The maximum absolute atomic E-state index is 14.6. The first-order chi connectivity index (χ1) is 21.3. The summed E-state index contributed by atoms with van der Waals surface area (Å²) in [6.07, 6.45) is 11.3. The van der Waals surface area contributed by atoms with E-state index < -0.39 is 29.1 Å². The standard InChI is InChI=1S/C35H40ClN3O5/c1-2-34-18-10-20-37(24-25-12-6-5-7-13-25)31(41)28(34)29-32(42)39(21-8-3-4-9-23-40)30-33(43)38(22-11-19-35(29,30)44-34)27-16-14-26(36)15-17-27/h5-7,10-19,28-30,40H,2-4,8-9,20-24H2,1H3/t28-,29-,30?,34+,35-/m0/s1. The third-order valence-electron chi connectivity index (χ3n) is 9.68. The number of aliphatic hydroxyl groups is 1. The topological polar surface area (TPSA) is 90.4 Å². The molecule has 1 unspecified atom stereocenters. The highest BCUT2D eigenvalue weighted by molar-refractivity contribution is 6.30. The van der Waals surface area contributed by atoms with Gasteiger partial charge in [-0.25, -0.2) is 0 Å². The fraction of sp³-hybridized carbons (Fsp3) is 0.457. The molecule has 2 aromatic carbocycles. The summed E-state index contributed by atoms with van der Waals surface area (Å²) < 4.78 is 7.08. The van der Waals surface area contributed by atoms with Crippen molar-refractivity contribution in [2.24, 2.45) is 11.8 Å². The Labute approximate surface area is 263 Å². The van der Waals surface area contributed by atoms with E-state index in [1.54, 1.807) is 39.0 Å². The van der Waals surface area contributed by atoms with Crippen molar-refractivity contribution in [3.8, 4) is 0 Å². The second kappa shape index (κ2) is 12.5. The Morgan fingerprint density at radius 2 is 1.59 bits per heavy atom. The van der Waals surface area contributed by atoms with Gasteiger partial charge in [0.05, 0.1) is 17.4 Å². The molecule has 44 heavy (non-hydrogen) atoms. The molecule has 6 rings (SSSR count). The van der Waals surface area contributed by atoms with Gasteiger partial charge in [-0.2, -0.15) is 0 Å². The molecule has 2 aromatic rings. The molecule has 5 atom stereocenters. The molecule has 0 bridgehead atoms. The van der Waals surface area contributed by atoms with Gasteiger partial charge in [0, 0.05) is 43.5 Å². The van der Waals surface area contributed by atoms with Gasteiger partial charge < -0.3 is 24.5 Å². The number of aliphatic hydroxyl groups excluding tert-OH is 1. The van der Waals surface area contributed by atoms with Gasteiger partial charge in [-0.15, -0.1) is 0 Å². The minimum absolute atomic E-state index is 0.125. The van der Waals surface area contributed by atoms with Crippen molar-refractivity contribution in [1.82, 2.24) is 9.80 Å². The second-order valence-corrected chi connectivity index (χ2v) is 12.7. The van der Waals surface area contributed by atoms with Crippen LogP contribution in [0.1, 0.15) is 44.6 Å². The summed E-state index contributed by atoms with van der Waals surface area (Å²) >= 11 is 6.16. The number of rotatable bonds is 10. The minimum Gasteiger partial charge on any atom is -0.396 e. The summed E-state index contributed by atoms with van der Waals surface area (Å²) in [4.78, 5) is 49.0. The van der Waals surface area contributed by atoms with Crippen LogP contribution in [0.2, 0.25) is 5.02 Å². The number of ether oxygens (including phenoxy) is 1. The first-order valence-corrected chi connectivity index (χ1v) is 16.1. The first-order valence-electron chi connectivity index (χ1n) is 15.7. The van der Waals surface area contributed by atoms with E-state index in [2.05, 4.69) is 0 Å². The number of nitrogens with zero attached hydrogens (tertiary/aromatic N) is 3. The number of benzene rings is 2. The van der Waals surface area contributed by atoms with Crippen molar-refractivity contribution in [2.75, 3.05) is 31.1 Å². The van der Waals surface area contributed by atoms with E-state index in [0.717, 1.165) is 18.4 Å². The van der Waals surface area contributed by atoms with Gasteiger partial charge in [0.1, 0.15) is 11.6 Å². The molecule has 0 aromatic heterocycles. The van der Waals surface area contributed by atoms with Crippen LogP contribution in [-0.4, -0.2) is 76.1 Å². The molecule has 0 saturated carbocycles. The summed E-state index contributed by atoms with van der Waals surface area (Å²) in [6, 6.07) is 16.0. The number of fused-ring (bicyclic) bond motifs is 2. The molecule has 0 radical (unpaired) electrons. The largest absolute Gasteiger partial charge is 0.396 e. The molecular formula is C35H40ClN3O5. The van der Waals surface area contributed by atoms with Crippen molar-refractivity contribution >= 4 is 35.0 Å². The van der Waals surface area contributed by atoms with Crippen molar-refractivity contribution in [3.63, 3.8) is 0 Å².